The van der Waals surface area contributed by atoms with Gasteiger partial charge in [0.1, 0.15) is 0 Å². The molecule has 0 saturated heterocycles. The molecule has 0 fully saturated rings. The summed E-state index contributed by atoms with van der Waals surface area (Å²) in [6.45, 7) is 0. The summed E-state index contributed by atoms with van der Waals surface area (Å²) in [7, 11) is 0. The van der Waals surface area contributed by atoms with E-state index in [1.807, 2.05) is 0 Å². The first kappa shape index (κ1) is 12.4. The van der Waals surface area contributed by atoms with Gasteiger partial charge in [0, 0.05) is 38.6 Å². The van der Waals surface area contributed by atoms with E-state index in [2.05, 4.69) is 0 Å². The molecule has 0 bridgehead atoms. The molecule has 13 heavy (non-hydrogen) atoms. The van der Waals surface area contributed by atoms with Crippen LogP contribution in [0.4, 0.5) is 0 Å². The number of carboxylic acids is 2. The third kappa shape index (κ3) is 3.36. The van der Waals surface area contributed by atoms with Gasteiger partial charge in [-0.05, 0) is 18.2 Å². The standard InChI is InChI=1S/C8H6O4.Tb/c9-7(10)5-2-1-3-6(4-5)8(11)12;/h1-4H,(H,9,10)(H,11,12);. The molecule has 0 aliphatic carbocycles. The smallest absolute Gasteiger partial charge is 0.335 e. The average molecular weight is 325 g/mol. The summed E-state index contributed by atoms with van der Waals surface area (Å²) < 4.78 is 0. The first-order valence-electron chi connectivity index (χ1n) is 3.18. The van der Waals surface area contributed by atoms with Crippen LogP contribution in [-0.4, -0.2) is 22.2 Å². The van der Waals surface area contributed by atoms with Crippen LogP contribution in [0.3, 0.4) is 0 Å². The Kier molecular flexibility index (Phi) is 5.01. The van der Waals surface area contributed by atoms with Crippen molar-refractivity contribution in [2.45, 2.75) is 0 Å². The van der Waals surface area contributed by atoms with Gasteiger partial charge >= 0.3 is 11.9 Å². The molecule has 0 aromatic heterocycles. The zero-order valence-electron chi connectivity index (χ0n) is 6.35. The van der Waals surface area contributed by atoms with E-state index in [-0.39, 0.29) is 49.7 Å². The molecule has 1 aromatic rings. The first-order chi connectivity index (χ1) is 5.61. The van der Waals surface area contributed by atoms with E-state index in [0.717, 1.165) is 6.07 Å². The second kappa shape index (κ2) is 5.23. The summed E-state index contributed by atoms with van der Waals surface area (Å²) in [6, 6.07) is 5.20. The van der Waals surface area contributed by atoms with Crippen molar-refractivity contribution < 1.29 is 58.4 Å². The minimum Gasteiger partial charge on any atom is -0.478 e. The van der Waals surface area contributed by atoms with E-state index in [4.69, 9.17) is 10.2 Å². The van der Waals surface area contributed by atoms with Gasteiger partial charge in [-0.2, -0.15) is 0 Å². The SMILES string of the molecule is O=C(O)c1cccc(C(=O)O)c1.[Tb]. The van der Waals surface area contributed by atoms with Gasteiger partial charge in [-0.3, -0.25) is 0 Å². The Morgan fingerprint density at radius 2 is 1.38 bits per heavy atom. The van der Waals surface area contributed by atoms with Crippen molar-refractivity contribution in [2.24, 2.45) is 0 Å². The average Bonchev–Trinajstić information content (AvgIpc) is 2.04. The molecule has 0 heterocycles. The number of carbonyl (C=O) groups is 2. The fraction of sp³-hybridized carbons (Fsp3) is 0. The summed E-state index contributed by atoms with van der Waals surface area (Å²) in [5, 5.41) is 17.0. The molecule has 1 rings (SSSR count). The number of carboxylic acid groups (broad SMARTS) is 2. The summed E-state index contributed by atoms with van der Waals surface area (Å²) in [4.78, 5) is 20.8. The molecule has 71 valence electrons. The van der Waals surface area contributed by atoms with Gasteiger partial charge < -0.3 is 10.2 Å². The van der Waals surface area contributed by atoms with Crippen LogP contribution >= 0.6 is 0 Å². The van der Waals surface area contributed by atoms with E-state index < -0.39 is 11.9 Å². The topological polar surface area (TPSA) is 74.6 Å². The molecule has 0 unspecified atom stereocenters. The monoisotopic (exact) mass is 325 g/mol. The normalized spacial score (nSPS) is 8.62. The van der Waals surface area contributed by atoms with E-state index in [1.54, 1.807) is 0 Å². The maximum Gasteiger partial charge on any atom is 0.335 e. The second-order valence-corrected chi connectivity index (χ2v) is 2.19. The van der Waals surface area contributed by atoms with Crippen molar-refractivity contribution in [2.75, 3.05) is 0 Å². The Balaban J connectivity index is 0.00000144. The van der Waals surface area contributed by atoms with Crippen molar-refractivity contribution in [1.82, 2.24) is 0 Å². The summed E-state index contributed by atoms with van der Waals surface area (Å²) in [5.74, 6) is -2.25. The molecule has 0 atom stereocenters. The number of rotatable bonds is 2. The first-order valence-corrected chi connectivity index (χ1v) is 3.18. The molecule has 0 saturated carbocycles. The van der Waals surface area contributed by atoms with Crippen LogP contribution in [0.5, 0.6) is 0 Å². The van der Waals surface area contributed by atoms with E-state index in [9.17, 15) is 9.59 Å². The molecular weight excluding hydrogens is 319 g/mol. The predicted octanol–water partition coefficient (Wildman–Crippen LogP) is 1.08. The molecule has 5 heteroatoms. The minimum atomic E-state index is -1.13. The third-order valence-corrected chi connectivity index (χ3v) is 1.36. The molecule has 0 aliphatic heterocycles. The fourth-order valence-electron chi connectivity index (χ4n) is 0.785. The van der Waals surface area contributed by atoms with E-state index in [1.165, 1.54) is 18.2 Å². The molecule has 0 amide bonds. The van der Waals surface area contributed by atoms with Crippen LogP contribution in [0.25, 0.3) is 0 Å². The van der Waals surface area contributed by atoms with Crippen molar-refractivity contribution in [3.63, 3.8) is 0 Å². The van der Waals surface area contributed by atoms with Crippen molar-refractivity contribution in [3.8, 4) is 0 Å². The van der Waals surface area contributed by atoms with Crippen LogP contribution < -0.4 is 0 Å². The summed E-state index contributed by atoms with van der Waals surface area (Å²) in [5.41, 5.74) is -0.0372. The van der Waals surface area contributed by atoms with Gasteiger partial charge in [-0.25, -0.2) is 9.59 Å². The van der Waals surface area contributed by atoms with Gasteiger partial charge in [0.25, 0.3) is 0 Å². The molecule has 4 nitrogen and oxygen atoms in total. The molecule has 1 radical (unpaired) electrons. The van der Waals surface area contributed by atoms with Crippen LogP contribution in [-0.2, 0) is 0 Å². The Bertz CT molecular complexity index is 305. The van der Waals surface area contributed by atoms with Gasteiger partial charge in [0.2, 0.25) is 0 Å². The largest absolute Gasteiger partial charge is 0.478 e. The van der Waals surface area contributed by atoms with Crippen molar-refractivity contribution in [1.29, 1.82) is 0 Å². The fourth-order valence-corrected chi connectivity index (χ4v) is 0.785. The van der Waals surface area contributed by atoms with Crippen molar-refractivity contribution >= 4 is 11.9 Å². The number of benzene rings is 1. The zero-order valence-corrected chi connectivity index (χ0v) is 8.49. The molecule has 2 N–H and O–H groups in total. The van der Waals surface area contributed by atoms with Gasteiger partial charge in [0.15, 0.2) is 0 Å². The Morgan fingerprint density at radius 1 is 1.00 bits per heavy atom. The molecular formula is C8H6O4Tb. The van der Waals surface area contributed by atoms with E-state index >= 15 is 0 Å². The maximum atomic E-state index is 10.4. The molecule has 0 aliphatic rings. The zero-order chi connectivity index (χ0) is 9.14. The Hall–Kier alpha value is -0.554. The molecule has 0 spiro atoms. The van der Waals surface area contributed by atoms with Crippen LogP contribution in [0.1, 0.15) is 20.7 Å². The van der Waals surface area contributed by atoms with Crippen LogP contribution in [0.15, 0.2) is 24.3 Å². The predicted molar refractivity (Wildman–Crippen MR) is 40.4 cm³/mol. The third-order valence-electron chi connectivity index (χ3n) is 1.36. The van der Waals surface area contributed by atoms with Gasteiger partial charge in [-0.1, -0.05) is 6.07 Å². The second-order valence-electron chi connectivity index (χ2n) is 2.19. The summed E-state index contributed by atoms with van der Waals surface area (Å²) >= 11 is 0. The summed E-state index contributed by atoms with van der Waals surface area (Å²) in [6.07, 6.45) is 0. The van der Waals surface area contributed by atoms with E-state index in [0.29, 0.717) is 0 Å². The Labute approximate surface area is 105 Å². The maximum absolute atomic E-state index is 10.4. The van der Waals surface area contributed by atoms with Gasteiger partial charge in [-0.15, -0.1) is 0 Å². The van der Waals surface area contributed by atoms with Crippen molar-refractivity contribution in [3.05, 3.63) is 35.4 Å². The quantitative estimate of drug-likeness (QED) is 0.853. The number of aromatic carboxylic acids is 2. The number of hydrogen-bond acceptors (Lipinski definition) is 2. The van der Waals surface area contributed by atoms with Gasteiger partial charge in [0.05, 0.1) is 11.1 Å². The number of hydrogen-bond donors (Lipinski definition) is 2. The van der Waals surface area contributed by atoms with Crippen LogP contribution in [0.2, 0.25) is 0 Å². The Morgan fingerprint density at radius 3 is 1.69 bits per heavy atom. The molecule has 1 aromatic carbocycles. The minimum absolute atomic E-state index is 0. The van der Waals surface area contributed by atoms with Crippen LogP contribution in [0, 0.1) is 38.6 Å².